The van der Waals surface area contributed by atoms with Crippen LogP contribution in [0, 0.1) is 11.3 Å². The summed E-state index contributed by atoms with van der Waals surface area (Å²) in [6, 6.07) is 13.0. The fraction of sp³-hybridized carbons (Fsp3) is 0.438. The highest BCUT2D eigenvalue weighted by Crippen LogP contribution is 2.35. The van der Waals surface area contributed by atoms with Crippen LogP contribution >= 0.6 is 0 Å². The first-order valence-corrected chi connectivity index (χ1v) is 13.7. The number of methoxy groups -OCH3 is 1. The average Bonchev–Trinajstić information content (AvgIpc) is 3.41. The van der Waals surface area contributed by atoms with Crippen LogP contribution in [0.4, 0.5) is 0 Å². The number of benzene rings is 2. The Balaban J connectivity index is 1.69. The third kappa shape index (κ3) is 9.10. The fourth-order valence-electron chi connectivity index (χ4n) is 4.23. The van der Waals surface area contributed by atoms with Crippen LogP contribution in [0.5, 0.6) is 23.0 Å². The molecule has 39 heavy (non-hydrogen) atoms. The zero-order valence-electron chi connectivity index (χ0n) is 23.3. The largest absolute Gasteiger partial charge is 0.493 e. The maximum atomic E-state index is 12.3. The zero-order valence-corrected chi connectivity index (χ0v) is 23.3. The number of esters is 1. The molecule has 0 saturated heterocycles. The first-order chi connectivity index (χ1) is 18.9. The highest BCUT2D eigenvalue weighted by Gasteiger charge is 2.20. The molecule has 1 aliphatic heterocycles. The van der Waals surface area contributed by atoms with E-state index in [-0.39, 0.29) is 6.79 Å². The van der Waals surface area contributed by atoms with Gasteiger partial charge in [-0.2, -0.15) is 5.26 Å². The summed E-state index contributed by atoms with van der Waals surface area (Å²) < 4.78 is 28.1. The summed E-state index contributed by atoms with van der Waals surface area (Å²) >= 11 is 0. The quantitative estimate of drug-likeness (QED) is 0.0542. The number of rotatable bonds is 16. The predicted molar refractivity (Wildman–Crippen MR) is 152 cm³/mol. The Bertz CT molecular complexity index is 1200. The first kappa shape index (κ1) is 29.6. The Kier molecular flexibility index (Phi) is 11.8. The van der Waals surface area contributed by atoms with E-state index in [0.29, 0.717) is 46.1 Å². The van der Waals surface area contributed by atoms with Gasteiger partial charge < -0.3 is 23.7 Å². The SMILES string of the molecule is C=C(C)C(=O)OC(CCCCCCCCCC)Oc1ccc(C(C#N)=Cc2ccc3c(c2)OCO3)cc1OC. The molecule has 0 radical (unpaired) electrons. The summed E-state index contributed by atoms with van der Waals surface area (Å²) in [7, 11) is 1.53. The van der Waals surface area contributed by atoms with Crippen molar-refractivity contribution in [2.45, 2.75) is 77.9 Å². The van der Waals surface area contributed by atoms with Crippen molar-refractivity contribution < 1.29 is 28.5 Å². The molecule has 1 aliphatic rings. The van der Waals surface area contributed by atoms with E-state index in [9.17, 15) is 10.1 Å². The van der Waals surface area contributed by atoms with Gasteiger partial charge in [0.05, 0.1) is 18.8 Å². The topological polar surface area (TPSA) is 87.0 Å². The maximum Gasteiger partial charge on any atom is 0.336 e. The van der Waals surface area contributed by atoms with Crippen LogP contribution in [0.25, 0.3) is 11.6 Å². The number of nitriles is 1. The Morgan fingerprint density at radius 1 is 1.03 bits per heavy atom. The van der Waals surface area contributed by atoms with Crippen molar-refractivity contribution in [1.82, 2.24) is 0 Å². The van der Waals surface area contributed by atoms with Crippen LogP contribution in [0.3, 0.4) is 0 Å². The average molecular weight is 534 g/mol. The molecular formula is C32H39NO6. The molecule has 1 heterocycles. The highest BCUT2D eigenvalue weighted by atomic mass is 16.7. The van der Waals surface area contributed by atoms with Crippen LogP contribution in [0.15, 0.2) is 48.6 Å². The van der Waals surface area contributed by atoms with Crippen molar-refractivity contribution in [3.8, 4) is 29.1 Å². The standard InChI is InChI=1S/C32H39NO6/c1-5-6-7-8-9-10-11-12-13-31(39-32(34)23(2)3)38-28-17-15-25(20-29(28)35-4)26(21-33)18-24-14-16-27-30(19-24)37-22-36-27/h14-20,31H,2,5-13,22H2,1,3-4H3. The smallest absolute Gasteiger partial charge is 0.336 e. The second kappa shape index (κ2) is 15.5. The third-order valence-electron chi connectivity index (χ3n) is 6.44. The van der Waals surface area contributed by atoms with Crippen LogP contribution in [0.1, 0.15) is 82.8 Å². The number of hydrogen-bond donors (Lipinski definition) is 0. The van der Waals surface area contributed by atoms with Crippen molar-refractivity contribution in [1.29, 1.82) is 5.26 Å². The van der Waals surface area contributed by atoms with Gasteiger partial charge in [-0.3, -0.25) is 0 Å². The second-order valence-corrected chi connectivity index (χ2v) is 9.64. The van der Waals surface area contributed by atoms with E-state index in [0.717, 1.165) is 24.8 Å². The Labute approximate surface area is 232 Å². The number of nitrogens with zero attached hydrogens (tertiary/aromatic N) is 1. The van der Waals surface area contributed by atoms with E-state index in [4.69, 9.17) is 23.7 Å². The van der Waals surface area contributed by atoms with E-state index in [1.54, 1.807) is 31.2 Å². The highest BCUT2D eigenvalue weighted by molar-refractivity contribution is 5.90. The normalized spacial score (nSPS) is 12.9. The molecule has 0 aliphatic carbocycles. The van der Waals surface area contributed by atoms with E-state index in [2.05, 4.69) is 19.6 Å². The monoisotopic (exact) mass is 533 g/mol. The first-order valence-electron chi connectivity index (χ1n) is 13.7. The molecule has 2 aromatic carbocycles. The van der Waals surface area contributed by atoms with Crippen LogP contribution < -0.4 is 18.9 Å². The summed E-state index contributed by atoms with van der Waals surface area (Å²) in [5.41, 5.74) is 2.24. The minimum Gasteiger partial charge on any atom is -0.493 e. The molecule has 1 atom stereocenters. The number of unbranched alkanes of at least 4 members (excludes halogenated alkanes) is 7. The molecule has 1 unspecified atom stereocenters. The number of fused-ring (bicyclic) bond motifs is 1. The lowest BCUT2D eigenvalue weighted by Gasteiger charge is -2.21. The number of carbonyl (C=O) groups is 1. The zero-order chi connectivity index (χ0) is 28.0. The van der Waals surface area contributed by atoms with Crippen LogP contribution in [-0.2, 0) is 9.53 Å². The van der Waals surface area contributed by atoms with Crippen molar-refractivity contribution in [3.63, 3.8) is 0 Å². The van der Waals surface area contributed by atoms with Gasteiger partial charge in [-0.05, 0) is 60.9 Å². The molecule has 0 N–H and O–H groups in total. The van der Waals surface area contributed by atoms with Gasteiger partial charge in [-0.25, -0.2) is 4.79 Å². The molecule has 7 nitrogen and oxygen atoms in total. The minimum absolute atomic E-state index is 0.188. The third-order valence-corrected chi connectivity index (χ3v) is 6.44. The molecule has 2 aromatic rings. The van der Waals surface area contributed by atoms with Gasteiger partial charge in [0.1, 0.15) is 0 Å². The molecule has 0 saturated carbocycles. The second-order valence-electron chi connectivity index (χ2n) is 9.64. The van der Waals surface area contributed by atoms with Gasteiger partial charge in [0.2, 0.25) is 13.1 Å². The molecular weight excluding hydrogens is 494 g/mol. The van der Waals surface area contributed by atoms with Gasteiger partial charge in [-0.15, -0.1) is 0 Å². The van der Waals surface area contributed by atoms with Crippen LogP contribution in [0.2, 0.25) is 0 Å². The lowest BCUT2D eigenvalue weighted by molar-refractivity contribution is -0.159. The van der Waals surface area contributed by atoms with E-state index in [1.807, 2.05) is 18.2 Å². The predicted octanol–water partition coefficient (Wildman–Crippen LogP) is 7.84. The molecule has 0 spiro atoms. The summed E-state index contributed by atoms with van der Waals surface area (Å²) in [5, 5.41) is 9.85. The maximum absolute atomic E-state index is 12.3. The van der Waals surface area contributed by atoms with Gasteiger partial charge >= 0.3 is 5.97 Å². The number of carbonyl (C=O) groups excluding carboxylic acids is 1. The van der Waals surface area contributed by atoms with E-state index < -0.39 is 12.3 Å². The molecule has 0 fully saturated rings. The summed E-state index contributed by atoms with van der Waals surface area (Å²) in [6.07, 6.45) is 10.9. The molecule has 7 heteroatoms. The number of allylic oxidation sites excluding steroid dienone is 1. The number of ether oxygens (including phenoxy) is 5. The van der Waals surface area contributed by atoms with E-state index >= 15 is 0 Å². The lowest BCUT2D eigenvalue weighted by Crippen LogP contribution is -2.25. The Hall–Kier alpha value is -3.92. The van der Waals surface area contributed by atoms with Gasteiger partial charge in [0, 0.05) is 12.0 Å². The van der Waals surface area contributed by atoms with Crippen LogP contribution in [-0.4, -0.2) is 26.2 Å². The van der Waals surface area contributed by atoms with Crippen molar-refractivity contribution in [3.05, 3.63) is 59.7 Å². The molecule has 0 amide bonds. The van der Waals surface area contributed by atoms with Gasteiger partial charge in [0.15, 0.2) is 23.0 Å². The lowest BCUT2D eigenvalue weighted by atomic mass is 10.0. The number of hydrogen-bond acceptors (Lipinski definition) is 7. The molecule has 3 rings (SSSR count). The van der Waals surface area contributed by atoms with Gasteiger partial charge in [0.25, 0.3) is 0 Å². The Morgan fingerprint density at radius 2 is 1.74 bits per heavy atom. The van der Waals surface area contributed by atoms with Crippen molar-refractivity contribution >= 4 is 17.6 Å². The molecule has 0 bridgehead atoms. The van der Waals surface area contributed by atoms with Crippen molar-refractivity contribution in [2.75, 3.05) is 13.9 Å². The van der Waals surface area contributed by atoms with E-state index in [1.165, 1.54) is 39.2 Å². The molecule has 0 aromatic heterocycles. The summed E-state index contributed by atoms with van der Waals surface area (Å²) in [5.74, 6) is 1.71. The fourth-order valence-corrected chi connectivity index (χ4v) is 4.23. The molecule has 208 valence electrons. The van der Waals surface area contributed by atoms with Crippen molar-refractivity contribution in [2.24, 2.45) is 0 Å². The summed E-state index contributed by atoms with van der Waals surface area (Å²) in [6.45, 7) is 7.70. The van der Waals surface area contributed by atoms with Gasteiger partial charge in [-0.1, -0.05) is 64.5 Å². The summed E-state index contributed by atoms with van der Waals surface area (Å²) in [4.78, 5) is 12.3. The minimum atomic E-state index is -0.770. The Morgan fingerprint density at radius 3 is 2.44 bits per heavy atom.